The molecule has 5 heteroatoms. The van der Waals surface area contributed by atoms with Crippen LogP contribution in [-0.2, 0) is 6.42 Å². The Morgan fingerprint density at radius 1 is 1.16 bits per heavy atom. The van der Waals surface area contributed by atoms with Gasteiger partial charge in [-0.15, -0.1) is 0 Å². The minimum Gasteiger partial charge on any atom is -0.472 e. The molecule has 2 aromatic heterocycles. The Balaban J connectivity index is 1.52. The van der Waals surface area contributed by atoms with E-state index in [9.17, 15) is 4.79 Å². The number of nitrogens with zero attached hydrogens (tertiary/aromatic N) is 3. The second-order valence-corrected chi connectivity index (χ2v) is 6.64. The minimum absolute atomic E-state index is 0.0408. The van der Waals surface area contributed by atoms with Gasteiger partial charge < -0.3 is 9.32 Å². The molecule has 0 spiro atoms. The fourth-order valence-electron chi connectivity index (χ4n) is 4.05. The molecule has 0 aliphatic carbocycles. The first-order valence-electron chi connectivity index (χ1n) is 8.57. The molecule has 2 unspecified atom stereocenters. The summed E-state index contributed by atoms with van der Waals surface area (Å²) in [4.78, 5) is 24.2. The van der Waals surface area contributed by atoms with E-state index >= 15 is 0 Å². The number of carbonyl (C=O) groups excluding carboxylic acids is 1. The van der Waals surface area contributed by atoms with E-state index in [1.54, 1.807) is 12.3 Å². The van der Waals surface area contributed by atoms with Gasteiger partial charge in [0.15, 0.2) is 5.82 Å². The summed E-state index contributed by atoms with van der Waals surface area (Å²) in [6, 6.07) is 12.0. The molecule has 124 valence electrons. The van der Waals surface area contributed by atoms with Gasteiger partial charge in [-0.1, -0.05) is 30.3 Å². The van der Waals surface area contributed by atoms with Crippen molar-refractivity contribution >= 4 is 5.91 Å². The van der Waals surface area contributed by atoms with Crippen molar-refractivity contribution in [2.45, 2.75) is 31.3 Å². The number of hydrogen-bond donors (Lipinski definition) is 0. The molecule has 1 aromatic carbocycles. The maximum absolute atomic E-state index is 12.8. The van der Waals surface area contributed by atoms with Gasteiger partial charge in [0.05, 0.1) is 23.6 Å². The topological polar surface area (TPSA) is 59.2 Å². The molecule has 2 atom stereocenters. The molecule has 5 rings (SSSR count). The van der Waals surface area contributed by atoms with Crippen LogP contribution in [0.3, 0.4) is 0 Å². The third-order valence-electron chi connectivity index (χ3n) is 5.23. The average Bonchev–Trinajstić information content (AvgIpc) is 3.29. The second kappa shape index (κ2) is 5.55. The van der Waals surface area contributed by atoms with Crippen molar-refractivity contribution in [1.29, 1.82) is 0 Å². The van der Waals surface area contributed by atoms with Gasteiger partial charge in [-0.2, -0.15) is 0 Å². The molecule has 3 aromatic rings. The standard InChI is InChI=1S/C20H17N3O2/c24-20(14-8-9-25-12-14)23-15-6-7-18(23)16-11-21-19(22-17(16)10-15)13-4-2-1-3-5-13/h1-5,8-9,11-12,15,18H,6-7,10H2. The Bertz CT molecular complexity index is 921. The molecule has 0 N–H and O–H groups in total. The van der Waals surface area contributed by atoms with Crippen molar-refractivity contribution in [3.05, 3.63) is 71.9 Å². The van der Waals surface area contributed by atoms with Crippen LogP contribution in [0.2, 0.25) is 0 Å². The molecule has 0 saturated carbocycles. The maximum Gasteiger partial charge on any atom is 0.257 e. The first kappa shape index (κ1) is 14.4. The maximum atomic E-state index is 12.8. The van der Waals surface area contributed by atoms with Gasteiger partial charge in [0.2, 0.25) is 0 Å². The highest BCUT2D eigenvalue weighted by atomic mass is 16.3. The first-order chi connectivity index (χ1) is 12.3. The lowest BCUT2D eigenvalue weighted by Gasteiger charge is -2.35. The summed E-state index contributed by atoms with van der Waals surface area (Å²) in [5, 5.41) is 0. The molecule has 1 amide bonds. The molecule has 2 aliphatic rings. The number of fused-ring (bicyclic) bond motifs is 4. The fourth-order valence-corrected chi connectivity index (χ4v) is 4.05. The molecule has 4 heterocycles. The number of amides is 1. The summed E-state index contributed by atoms with van der Waals surface area (Å²) >= 11 is 0. The largest absolute Gasteiger partial charge is 0.472 e. The van der Waals surface area contributed by atoms with Crippen LogP contribution < -0.4 is 0 Å². The highest BCUT2D eigenvalue weighted by Gasteiger charge is 2.43. The van der Waals surface area contributed by atoms with E-state index in [2.05, 4.69) is 4.98 Å². The average molecular weight is 331 g/mol. The first-order valence-corrected chi connectivity index (χ1v) is 8.57. The quantitative estimate of drug-likeness (QED) is 0.719. The van der Waals surface area contributed by atoms with Gasteiger partial charge in [-0.25, -0.2) is 9.97 Å². The fraction of sp³-hybridized carbons (Fsp3) is 0.250. The third-order valence-corrected chi connectivity index (χ3v) is 5.23. The van der Waals surface area contributed by atoms with E-state index in [1.807, 2.05) is 41.4 Å². The summed E-state index contributed by atoms with van der Waals surface area (Å²) in [6.45, 7) is 0. The molecular formula is C20H17N3O2. The number of furan rings is 1. The van der Waals surface area contributed by atoms with Crippen LogP contribution in [-0.4, -0.2) is 26.8 Å². The zero-order chi connectivity index (χ0) is 16.8. The lowest BCUT2D eigenvalue weighted by molar-refractivity contribution is 0.0643. The molecule has 0 radical (unpaired) electrons. The van der Waals surface area contributed by atoms with Crippen LogP contribution in [0.25, 0.3) is 11.4 Å². The van der Waals surface area contributed by atoms with Gasteiger partial charge in [-0.3, -0.25) is 4.79 Å². The van der Waals surface area contributed by atoms with E-state index in [0.29, 0.717) is 5.56 Å². The Morgan fingerprint density at radius 2 is 2.04 bits per heavy atom. The number of rotatable bonds is 2. The van der Waals surface area contributed by atoms with Gasteiger partial charge in [0.1, 0.15) is 6.26 Å². The predicted octanol–water partition coefficient (Wildman–Crippen LogP) is 3.64. The molecule has 2 aliphatic heterocycles. The minimum atomic E-state index is 0.0408. The van der Waals surface area contributed by atoms with Crippen LogP contribution in [0.15, 0.2) is 59.5 Å². The lowest BCUT2D eigenvalue weighted by Crippen LogP contribution is -2.42. The molecule has 1 saturated heterocycles. The Morgan fingerprint density at radius 3 is 2.84 bits per heavy atom. The normalized spacial score (nSPS) is 21.2. The molecule has 25 heavy (non-hydrogen) atoms. The smallest absolute Gasteiger partial charge is 0.257 e. The molecule has 5 nitrogen and oxygen atoms in total. The predicted molar refractivity (Wildman–Crippen MR) is 91.8 cm³/mol. The summed E-state index contributed by atoms with van der Waals surface area (Å²) in [7, 11) is 0. The summed E-state index contributed by atoms with van der Waals surface area (Å²) < 4.78 is 5.08. The van der Waals surface area contributed by atoms with E-state index in [1.165, 1.54) is 6.26 Å². The van der Waals surface area contributed by atoms with Crippen LogP contribution in [0.4, 0.5) is 0 Å². The van der Waals surface area contributed by atoms with Crippen molar-refractivity contribution < 1.29 is 9.21 Å². The number of benzene rings is 1. The van der Waals surface area contributed by atoms with E-state index in [4.69, 9.17) is 9.40 Å². The van der Waals surface area contributed by atoms with Gasteiger partial charge in [-0.05, 0) is 18.9 Å². The molecule has 2 bridgehead atoms. The SMILES string of the molecule is O=C(c1ccoc1)N1C2CCC1c1cnc(-c3ccccc3)nc1C2. The number of hydrogen-bond acceptors (Lipinski definition) is 4. The van der Waals surface area contributed by atoms with Crippen molar-refractivity contribution in [1.82, 2.24) is 14.9 Å². The summed E-state index contributed by atoms with van der Waals surface area (Å²) in [5.41, 5.74) is 3.81. The monoisotopic (exact) mass is 331 g/mol. The third kappa shape index (κ3) is 2.27. The van der Waals surface area contributed by atoms with Crippen LogP contribution in [0, 0.1) is 0 Å². The van der Waals surface area contributed by atoms with Crippen LogP contribution >= 0.6 is 0 Å². The van der Waals surface area contributed by atoms with Crippen LogP contribution in [0.5, 0.6) is 0 Å². The highest BCUT2D eigenvalue weighted by molar-refractivity contribution is 5.94. The van der Waals surface area contributed by atoms with Crippen molar-refractivity contribution in [3.63, 3.8) is 0 Å². The second-order valence-electron chi connectivity index (χ2n) is 6.64. The zero-order valence-corrected chi connectivity index (χ0v) is 13.6. The summed E-state index contributed by atoms with van der Waals surface area (Å²) in [6.07, 6.45) is 7.74. The van der Waals surface area contributed by atoms with Crippen molar-refractivity contribution in [2.24, 2.45) is 0 Å². The van der Waals surface area contributed by atoms with Crippen molar-refractivity contribution in [3.8, 4) is 11.4 Å². The Labute approximate surface area is 145 Å². The summed E-state index contributed by atoms with van der Waals surface area (Å²) in [5.74, 6) is 0.799. The van der Waals surface area contributed by atoms with Crippen LogP contribution in [0.1, 0.15) is 40.5 Å². The molecule has 1 fully saturated rings. The highest BCUT2D eigenvalue weighted by Crippen LogP contribution is 2.44. The number of carbonyl (C=O) groups is 1. The Hall–Kier alpha value is -2.95. The Kier molecular flexibility index (Phi) is 3.20. The van der Waals surface area contributed by atoms with E-state index in [0.717, 1.165) is 41.9 Å². The van der Waals surface area contributed by atoms with E-state index in [-0.39, 0.29) is 18.0 Å². The lowest BCUT2D eigenvalue weighted by atomic mass is 9.98. The van der Waals surface area contributed by atoms with Gasteiger partial charge in [0, 0.05) is 29.8 Å². The van der Waals surface area contributed by atoms with Gasteiger partial charge in [0.25, 0.3) is 5.91 Å². The molecular weight excluding hydrogens is 314 g/mol. The van der Waals surface area contributed by atoms with Crippen molar-refractivity contribution in [2.75, 3.05) is 0 Å². The number of aromatic nitrogens is 2. The van der Waals surface area contributed by atoms with E-state index < -0.39 is 0 Å². The van der Waals surface area contributed by atoms with Gasteiger partial charge >= 0.3 is 0 Å². The zero-order valence-electron chi connectivity index (χ0n) is 13.6.